The third kappa shape index (κ3) is 2.19. The fourth-order valence-electron chi connectivity index (χ4n) is 2.58. The summed E-state index contributed by atoms with van der Waals surface area (Å²) in [5.74, 6) is 0.922. The number of alkyl halides is 1. The van der Waals surface area contributed by atoms with Gasteiger partial charge in [-0.25, -0.2) is 0 Å². The summed E-state index contributed by atoms with van der Waals surface area (Å²) >= 11 is 2.31. The van der Waals surface area contributed by atoms with Crippen molar-refractivity contribution in [2.24, 2.45) is 17.8 Å². The Hall–Kier alpha value is 0.0600. The van der Waals surface area contributed by atoms with E-state index in [4.69, 9.17) is 9.47 Å². The SMILES string of the molecule is CO[C@@H]1O[C@H](CI)[C@H]2C=CC(C)C[C@H]2C1=O. The number of ketones is 1. The molecule has 2 rings (SSSR count). The molecule has 90 valence electrons. The zero-order valence-electron chi connectivity index (χ0n) is 9.56. The van der Waals surface area contributed by atoms with Crippen LogP contribution in [0.5, 0.6) is 0 Å². The normalized spacial score (nSPS) is 43.2. The number of rotatable bonds is 2. The molecule has 16 heavy (non-hydrogen) atoms. The van der Waals surface area contributed by atoms with Crippen LogP contribution in [-0.2, 0) is 14.3 Å². The van der Waals surface area contributed by atoms with Gasteiger partial charge in [0, 0.05) is 23.4 Å². The van der Waals surface area contributed by atoms with Crippen molar-refractivity contribution in [2.45, 2.75) is 25.7 Å². The molecule has 0 aromatic carbocycles. The Morgan fingerprint density at radius 1 is 1.56 bits per heavy atom. The van der Waals surface area contributed by atoms with Gasteiger partial charge in [-0.2, -0.15) is 0 Å². The molecule has 0 spiro atoms. The lowest BCUT2D eigenvalue weighted by Gasteiger charge is -2.41. The molecule has 1 aliphatic heterocycles. The van der Waals surface area contributed by atoms with Crippen LogP contribution in [0.25, 0.3) is 0 Å². The summed E-state index contributed by atoms with van der Waals surface area (Å²) in [6.45, 7) is 2.15. The van der Waals surface area contributed by atoms with E-state index in [2.05, 4.69) is 41.7 Å². The van der Waals surface area contributed by atoms with Crippen molar-refractivity contribution < 1.29 is 14.3 Å². The first kappa shape index (κ1) is 12.5. The Kier molecular flexibility index (Phi) is 4.02. The molecule has 0 aromatic rings. The van der Waals surface area contributed by atoms with Crippen LogP contribution >= 0.6 is 22.6 Å². The largest absolute Gasteiger partial charge is 0.349 e. The molecule has 0 N–H and O–H groups in total. The van der Waals surface area contributed by atoms with Crippen molar-refractivity contribution in [3.63, 3.8) is 0 Å². The van der Waals surface area contributed by atoms with Crippen LogP contribution in [0.1, 0.15) is 13.3 Å². The van der Waals surface area contributed by atoms with Gasteiger partial charge in [-0.1, -0.05) is 41.7 Å². The van der Waals surface area contributed by atoms with Crippen LogP contribution in [0.2, 0.25) is 0 Å². The Morgan fingerprint density at radius 2 is 2.31 bits per heavy atom. The highest BCUT2D eigenvalue weighted by Gasteiger charge is 2.44. The number of hydrogen-bond donors (Lipinski definition) is 0. The molecule has 1 unspecified atom stereocenters. The third-order valence-corrected chi connectivity index (χ3v) is 4.31. The summed E-state index contributed by atoms with van der Waals surface area (Å²) < 4.78 is 11.7. The van der Waals surface area contributed by atoms with E-state index in [1.807, 2.05) is 0 Å². The summed E-state index contributed by atoms with van der Waals surface area (Å²) in [5.41, 5.74) is 0. The second-order valence-corrected chi connectivity index (χ2v) is 5.46. The maximum absolute atomic E-state index is 12.1. The van der Waals surface area contributed by atoms with Crippen molar-refractivity contribution in [2.75, 3.05) is 11.5 Å². The standard InChI is InChI=1S/C12H17IO3/c1-7-3-4-8-9(5-7)11(14)12(15-2)16-10(8)6-13/h3-4,7-10,12H,5-6H2,1-2H3/t7?,8-,9+,10+,12+/m0/s1. The molecule has 5 atom stereocenters. The second kappa shape index (κ2) is 5.14. The van der Waals surface area contributed by atoms with Gasteiger partial charge in [0.2, 0.25) is 6.29 Å². The van der Waals surface area contributed by atoms with E-state index < -0.39 is 6.29 Å². The van der Waals surface area contributed by atoms with E-state index in [0.29, 0.717) is 5.92 Å². The molecular weight excluding hydrogens is 319 g/mol. The van der Waals surface area contributed by atoms with Gasteiger partial charge in [0.15, 0.2) is 5.78 Å². The lowest BCUT2D eigenvalue weighted by Crippen LogP contribution is -2.50. The lowest BCUT2D eigenvalue weighted by atomic mass is 9.73. The van der Waals surface area contributed by atoms with Gasteiger partial charge in [0.05, 0.1) is 6.10 Å². The molecular formula is C12H17IO3. The molecule has 4 heteroatoms. The zero-order chi connectivity index (χ0) is 11.7. The lowest BCUT2D eigenvalue weighted by molar-refractivity contribution is -0.201. The van der Waals surface area contributed by atoms with Crippen LogP contribution in [0.3, 0.4) is 0 Å². The second-order valence-electron chi connectivity index (χ2n) is 4.58. The van der Waals surface area contributed by atoms with Gasteiger partial charge in [-0.05, 0) is 12.3 Å². The molecule has 1 aliphatic carbocycles. The van der Waals surface area contributed by atoms with E-state index in [9.17, 15) is 4.79 Å². The van der Waals surface area contributed by atoms with Gasteiger partial charge in [-0.3, -0.25) is 4.79 Å². The maximum atomic E-state index is 12.1. The molecule has 1 saturated heterocycles. The number of methoxy groups -OCH3 is 1. The Bertz CT molecular complexity index is 303. The van der Waals surface area contributed by atoms with E-state index in [1.165, 1.54) is 7.11 Å². The van der Waals surface area contributed by atoms with Crippen molar-refractivity contribution in [3.05, 3.63) is 12.2 Å². The molecule has 0 saturated carbocycles. The van der Waals surface area contributed by atoms with Crippen LogP contribution in [0.4, 0.5) is 0 Å². The highest BCUT2D eigenvalue weighted by atomic mass is 127. The fraction of sp³-hybridized carbons (Fsp3) is 0.750. The van der Waals surface area contributed by atoms with Gasteiger partial charge in [0.25, 0.3) is 0 Å². The van der Waals surface area contributed by atoms with E-state index in [-0.39, 0.29) is 23.7 Å². The van der Waals surface area contributed by atoms with Crippen LogP contribution < -0.4 is 0 Å². The van der Waals surface area contributed by atoms with Crippen molar-refractivity contribution >= 4 is 28.4 Å². The number of carbonyl (C=O) groups is 1. The van der Waals surface area contributed by atoms with E-state index in [1.54, 1.807) is 0 Å². The maximum Gasteiger partial charge on any atom is 0.218 e. The van der Waals surface area contributed by atoms with E-state index in [0.717, 1.165) is 10.8 Å². The topological polar surface area (TPSA) is 35.5 Å². The molecule has 0 radical (unpaired) electrons. The highest BCUT2D eigenvalue weighted by molar-refractivity contribution is 14.1. The third-order valence-electron chi connectivity index (χ3n) is 3.44. The first-order valence-corrected chi connectivity index (χ1v) is 7.16. The van der Waals surface area contributed by atoms with Gasteiger partial charge < -0.3 is 9.47 Å². The molecule has 1 heterocycles. The average Bonchev–Trinajstić information content (AvgIpc) is 2.30. The predicted molar refractivity (Wildman–Crippen MR) is 69.5 cm³/mol. The summed E-state index contributed by atoms with van der Waals surface area (Å²) in [7, 11) is 1.54. The Labute approximate surface area is 110 Å². The van der Waals surface area contributed by atoms with Crippen LogP contribution in [0, 0.1) is 17.8 Å². The first-order chi connectivity index (χ1) is 7.67. The Balaban J connectivity index is 2.23. The van der Waals surface area contributed by atoms with Crippen molar-refractivity contribution in [3.8, 4) is 0 Å². The summed E-state index contributed by atoms with van der Waals surface area (Å²) in [6, 6.07) is 0. The number of hydrogen-bond acceptors (Lipinski definition) is 3. The number of allylic oxidation sites excluding steroid dienone is 1. The molecule has 0 aromatic heterocycles. The van der Waals surface area contributed by atoms with Crippen molar-refractivity contribution in [1.82, 2.24) is 0 Å². The number of carbonyl (C=O) groups excluding carboxylic acids is 1. The first-order valence-electron chi connectivity index (χ1n) is 5.63. The van der Waals surface area contributed by atoms with E-state index >= 15 is 0 Å². The monoisotopic (exact) mass is 336 g/mol. The predicted octanol–water partition coefficient (Wildman–Crippen LogP) is 2.19. The molecule has 1 fully saturated rings. The summed E-state index contributed by atoms with van der Waals surface area (Å²) in [6.07, 6.45) is 4.74. The molecule has 2 aliphatic rings. The molecule has 3 nitrogen and oxygen atoms in total. The van der Waals surface area contributed by atoms with Gasteiger partial charge >= 0.3 is 0 Å². The number of Topliss-reactive ketones (excluding diaryl/α,β-unsaturated/α-hetero) is 1. The van der Waals surface area contributed by atoms with Crippen LogP contribution in [-0.4, -0.2) is 29.7 Å². The minimum atomic E-state index is -0.653. The highest BCUT2D eigenvalue weighted by Crippen LogP contribution is 2.38. The fourth-order valence-corrected chi connectivity index (χ4v) is 3.37. The average molecular weight is 336 g/mol. The molecule has 0 bridgehead atoms. The summed E-state index contributed by atoms with van der Waals surface area (Å²) in [5, 5.41) is 0. The van der Waals surface area contributed by atoms with Crippen LogP contribution in [0.15, 0.2) is 12.2 Å². The smallest absolute Gasteiger partial charge is 0.218 e. The van der Waals surface area contributed by atoms with Gasteiger partial charge in [0.1, 0.15) is 0 Å². The Morgan fingerprint density at radius 3 is 2.94 bits per heavy atom. The number of halogens is 1. The molecule has 0 amide bonds. The summed E-state index contributed by atoms with van der Waals surface area (Å²) in [4.78, 5) is 12.1. The quantitative estimate of drug-likeness (QED) is 0.441. The van der Waals surface area contributed by atoms with Crippen molar-refractivity contribution in [1.29, 1.82) is 0 Å². The zero-order valence-corrected chi connectivity index (χ0v) is 11.7. The number of ether oxygens (including phenoxy) is 2. The van der Waals surface area contributed by atoms with Gasteiger partial charge in [-0.15, -0.1) is 0 Å². The minimum absolute atomic E-state index is 0.0819. The number of fused-ring (bicyclic) bond motifs is 1. The minimum Gasteiger partial charge on any atom is -0.349 e.